The third kappa shape index (κ3) is 4.64. The normalized spacial score (nSPS) is 23.0. The van der Waals surface area contributed by atoms with Gasteiger partial charge in [-0.05, 0) is 39.2 Å². The van der Waals surface area contributed by atoms with Crippen LogP contribution in [-0.2, 0) is 4.79 Å². The molecule has 0 bridgehead atoms. The highest BCUT2D eigenvalue weighted by atomic mass is 16.2. The summed E-state index contributed by atoms with van der Waals surface area (Å²) < 4.78 is 0. The molecule has 100 valence electrons. The van der Waals surface area contributed by atoms with Gasteiger partial charge >= 0.3 is 0 Å². The maximum Gasteiger partial charge on any atom is 0.236 e. The topological polar surface area (TPSA) is 58.4 Å². The molecule has 1 heterocycles. The van der Waals surface area contributed by atoms with Crippen molar-refractivity contribution in [3.8, 4) is 0 Å². The predicted molar refractivity (Wildman–Crippen MR) is 70.7 cm³/mol. The lowest BCUT2D eigenvalue weighted by Gasteiger charge is -2.20. The molecule has 0 radical (unpaired) electrons. The molecule has 4 nitrogen and oxygen atoms in total. The Bertz CT molecular complexity index is 243. The number of amides is 1. The molecule has 4 heteroatoms. The number of nitrogens with zero attached hydrogens (tertiary/aromatic N) is 1. The van der Waals surface area contributed by atoms with Crippen LogP contribution in [0, 0.1) is 5.92 Å². The Morgan fingerprint density at radius 2 is 2.24 bits per heavy atom. The van der Waals surface area contributed by atoms with Gasteiger partial charge in [0.25, 0.3) is 0 Å². The van der Waals surface area contributed by atoms with Crippen LogP contribution in [0.25, 0.3) is 0 Å². The summed E-state index contributed by atoms with van der Waals surface area (Å²) >= 11 is 0. The first-order valence-corrected chi connectivity index (χ1v) is 6.82. The molecule has 0 aromatic rings. The molecule has 1 saturated heterocycles. The lowest BCUT2D eigenvalue weighted by Crippen LogP contribution is -2.42. The van der Waals surface area contributed by atoms with Crippen molar-refractivity contribution in [3.63, 3.8) is 0 Å². The summed E-state index contributed by atoms with van der Waals surface area (Å²) in [6, 6.07) is 0.278. The summed E-state index contributed by atoms with van der Waals surface area (Å²) in [4.78, 5) is 14.1. The quantitative estimate of drug-likeness (QED) is 0.728. The SMILES string of the molecule is CCCC(N)C(=O)NCC1CCN(C(C)C)C1. The van der Waals surface area contributed by atoms with Crippen LogP contribution in [0.1, 0.15) is 40.0 Å². The van der Waals surface area contributed by atoms with Gasteiger partial charge in [0.05, 0.1) is 6.04 Å². The maximum absolute atomic E-state index is 11.7. The van der Waals surface area contributed by atoms with Crippen LogP contribution in [0.3, 0.4) is 0 Å². The first kappa shape index (κ1) is 14.5. The van der Waals surface area contributed by atoms with Crippen LogP contribution >= 0.6 is 0 Å². The number of likely N-dealkylation sites (tertiary alicyclic amines) is 1. The molecule has 1 aliphatic heterocycles. The summed E-state index contributed by atoms with van der Waals surface area (Å²) in [5.41, 5.74) is 5.77. The van der Waals surface area contributed by atoms with Gasteiger partial charge in [0.1, 0.15) is 0 Å². The Hall–Kier alpha value is -0.610. The maximum atomic E-state index is 11.7. The van der Waals surface area contributed by atoms with E-state index in [1.807, 2.05) is 6.92 Å². The lowest BCUT2D eigenvalue weighted by atomic mass is 10.1. The Balaban J connectivity index is 2.21. The Morgan fingerprint density at radius 1 is 1.53 bits per heavy atom. The molecule has 1 aliphatic rings. The van der Waals surface area contributed by atoms with Gasteiger partial charge in [0.15, 0.2) is 0 Å². The molecular formula is C13H27N3O. The van der Waals surface area contributed by atoms with E-state index in [4.69, 9.17) is 5.73 Å². The summed E-state index contributed by atoms with van der Waals surface area (Å²) in [6.07, 6.45) is 2.91. The molecule has 1 rings (SSSR count). The van der Waals surface area contributed by atoms with Crippen molar-refractivity contribution < 1.29 is 4.79 Å². The third-order valence-corrected chi connectivity index (χ3v) is 3.55. The Kier molecular flexibility index (Phi) is 5.92. The standard InChI is InChI=1S/C13H27N3O/c1-4-5-12(14)13(17)15-8-11-6-7-16(9-11)10(2)3/h10-12H,4-9,14H2,1-3H3,(H,15,17). The van der Waals surface area contributed by atoms with Gasteiger partial charge in [-0.1, -0.05) is 13.3 Å². The first-order valence-electron chi connectivity index (χ1n) is 6.82. The van der Waals surface area contributed by atoms with Gasteiger partial charge in [-0.15, -0.1) is 0 Å². The average Bonchev–Trinajstić information content (AvgIpc) is 2.75. The molecular weight excluding hydrogens is 214 g/mol. The van der Waals surface area contributed by atoms with Crippen molar-refractivity contribution in [2.24, 2.45) is 11.7 Å². The van der Waals surface area contributed by atoms with E-state index in [2.05, 4.69) is 24.1 Å². The van der Waals surface area contributed by atoms with E-state index in [1.165, 1.54) is 6.42 Å². The van der Waals surface area contributed by atoms with Gasteiger partial charge in [-0.25, -0.2) is 0 Å². The van der Waals surface area contributed by atoms with E-state index in [-0.39, 0.29) is 11.9 Å². The number of nitrogens with two attached hydrogens (primary N) is 1. The lowest BCUT2D eigenvalue weighted by molar-refractivity contribution is -0.122. The minimum atomic E-state index is -0.331. The van der Waals surface area contributed by atoms with Gasteiger partial charge in [-0.2, -0.15) is 0 Å². The highest BCUT2D eigenvalue weighted by Crippen LogP contribution is 2.17. The molecule has 1 fully saturated rings. The number of hydrogen-bond donors (Lipinski definition) is 2. The first-order chi connectivity index (χ1) is 8.04. The molecule has 0 aromatic carbocycles. The summed E-state index contributed by atoms with van der Waals surface area (Å²) in [6.45, 7) is 9.51. The van der Waals surface area contributed by atoms with Gasteiger partial charge in [0.2, 0.25) is 5.91 Å². The zero-order chi connectivity index (χ0) is 12.8. The van der Waals surface area contributed by atoms with Crippen LogP contribution < -0.4 is 11.1 Å². The summed E-state index contributed by atoms with van der Waals surface area (Å²) in [7, 11) is 0. The highest BCUT2D eigenvalue weighted by Gasteiger charge is 2.24. The van der Waals surface area contributed by atoms with Crippen molar-refractivity contribution in [1.82, 2.24) is 10.2 Å². The van der Waals surface area contributed by atoms with E-state index in [0.29, 0.717) is 12.0 Å². The fourth-order valence-corrected chi connectivity index (χ4v) is 2.32. The molecule has 0 aromatic heterocycles. The van der Waals surface area contributed by atoms with Crippen molar-refractivity contribution in [2.75, 3.05) is 19.6 Å². The zero-order valence-corrected chi connectivity index (χ0v) is 11.4. The molecule has 17 heavy (non-hydrogen) atoms. The molecule has 0 spiro atoms. The number of nitrogens with one attached hydrogen (secondary N) is 1. The molecule has 0 saturated carbocycles. The van der Waals surface area contributed by atoms with Crippen molar-refractivity contribution in [2.45, 2.75) is 52.1 Å². The average molecular weight is 241 g/mol. The van der Waals surface area contributed by atoms with Gasteiger partial charge in [0, 0.05) is 19.1 Å². The predicted octanol–water partition coefficient (Wildman–Crippen LogP) is 0.960. The fourth-order valence-electron chi connectivity index (χ4n) is 2.32. The summed E-state index contributed by atoms with van der Waals surface area (Å²) in [5, 5.41) is 2.98. The van der Waals surface area contributed by atoms with Crippen LogP contribution in [0.4, 0.5) is 0 Å². The minimum absolute atomic E-state index is 0.00912. The van der Waals surface area contributed by atoms with E-state index < -0.39 is 0 Å². The zero-order valence-electron chi connectivity index (χ0n) is 11.4. The summed E-state index contributed by atoms with van der Waals surface area (Å²) in [5.74, 6) is 0.602. The van der Waals surface area contributed by atoms with Crippen molar-refractivity contribution >= 4 is 5.91 Å². The van der Waals surface area contributed by atoms with Crippen LogP contribution in [-0.4, -0.2) is 42.5 Å². The number of rotatable bonds is 6. The van der Waals surface area contributed by atoms with Crippen LogP contribution in [0.5, 0.6) is 0 Å². The van der Waals surface area contributed by atoms with E-state index in [9.17, 15) is 4.79 Å². The van der Waals surface area contributed by atoms with Crippen molar-refractivity contribution in [1.29, 1.82) is 0 Å². The number of hydrogen-bond acceptors (Lipinski definition) is 3. The highest BCUT2D eigenvalue weighted by molar-refractivity contribution is 5.81. The number of carbonyl (C=O) groups is 1. The van der Waals surface area contributed by atoms with Gasteiger partial charge < -0.3 is 16.0 Å². The largest absolute Gasteiger partial charge is 0.354 e. The van der Waals surface area contributed by atoms with Crippen LogP contribution in [0.15, 0.2) is 0 Å². The smallest absolute Gasteiger partial charge is 0.236 e. The van der Waals surface area contributed by atoms with Crippen LogP contribution in [0.2, 0.25) is 0 Å². The monoisotopic (exact) mass is 241 g/mol. The van der Waals surface area contributed by atoms with Crippen molar-refractivity contribution in [3.05, 3.63) is 0 Å². The van der Waals surface area contributed by atoms with Gasteiger partial charge in [-0.3, -0.25) is 4.79 Å². The minimum Gasteiger partial charge on any atom is -0.354 e. The second-order valence-electron chi connectivity index (χ2n) is 5.38. The number of carbonyl (C=O) groups excluding carboxylic acids is 1. The third-order valence-electron chi connectivity index (χ3n) is 3.55. The van der Waals surface area contributed by atoms with E-state index in [1.54, 1.807) is 0 Å². The van der Waals surface area contributed by atoms with E-state index >= 15 is 0 Å². The second kappa shape index (κ2) is 6.97. The molecule has 0 aliphatic carbocycles. The van der Waals surface area contributed by atoms with E-state index in [0.717, 1.165) is 32.5 Å². The molecule has 3 N–H and O–H groups in total. The molecule has 2 atom stereocenters. The molecule has 1 amide bonds. The Labute approximate surface area is 105 Å². The second-order valence-corrected chi connectivity index (χ2v) is 5.38. The Morgan fingerprint density at radius 3 is 2.76 bits per heavy atom. The fraction of sp³-hybridized carbons (Fsp3) is 0.923. The molecule has 2 unspecified atom stereocenters.